The number of carbonyl (C=O) groups excluding carboxylic acids is 1. The number of primary amides is 1. The normalized spacial score (nSPS) is 14.3. The Labute approximate surface area is 68.1 Å². The molecule has 0 spiro atoms. The molecule has 0 aromatic rings. The highest BCUT2D eigenvalue weighted by Crippen LogP contribution is 2.18. The van der Waals surface area contributed by atoms with Gasteiger partial charge >= 0.3 is 6.18 Å². The summed E-state index contributed by atoms with van der Waals surface area (Å²) < 4.78 is 34.7. The van der Waals surface area contributed by atoms with Crippen molar-refractivity contribution in [3.05, 3.63) is 0 Å². The summed E-state index contributed by atoms with van der Waals surface area (Å²) in [7, 11) is 0. The van der Waals surface area contributed by atoms with E-state index in [0.29, 0.717) is 0 Å². The number of rotatable bonds is 4. The average molecular weight is 184 g/mol. The molecule has 0 fully saturated rings. The van der Waals surface area contributed by atoms with Crippen LogP contribution in [0.3, 0.4) is 0 Å². The zero-order valence-electron chi connectivity index (χ0n) is 6.61. The lowest BCUT2D eigenvalue weighted by atomic mass is 10.3. The fourth-order valence-electron chi connectivity index (χ4n) is 0.531. The third-order valence-electron chi connectivity index (χ3n) is 1.29. The SMILES string of the molecule is CC(NCCC(F)(F)F)C(N)=O. The Morgan fingerprint density at radius 2 is 2.08 bits per heavy atom. The standard InChI is InChI=1S/C6H11F3N2O/c1-4(5(10)12)11-3-2-6(7,8)9/h4,11H,2-3H2,1H3,(H2,10,12). The topological polar surface area (TPSA) is 55.1 Å². The molecule has 0 aromatic carbocycles. The molecular weight excluding hydrogens is 173 g/mol. The predicted molar refractivity (Wildman–Crippen MR) is 37.3 cm³/mol. The molecule has 0 saturated heterocycles. The Bertz CT molecular complexity index is 157. The van der Waals surface area contributed by atoms with Crippen LogP contribution in [0.25, 0.3) is 0 Å². The second kappa shape index (κ2) is 4.30. The minimum absolute atomic E-state index is 0.284. The number of nitrogens with two attached hydrogens (primary N) is 1. The van der Waals surface area contributed by atoms with Gasteiger partial charge in [-0.05, 0) is 6.92 Å². The summed E-state index contributed by atoms with van der Waals surface area (Å²) in [4.78, 5) is 10.3. The molecule has 1 unspecified atom stereocenters. The third kappa shape index (κ3) is 5.96. The maximum atomic E-state index is 11.6. The molecule has 12 heavy (non-hydrogen) atoms. The van der Waals surface area contributed by atoms with E-state index in [1.165, 1.54) is 6.92 Å². The first-order valence-corrected chi connectivity index (χ1v) is 3.42. The van der Waals surface area contributed by atoms with Crippen LogP contribution in [0.5, 0.6) is 0 Å². The van der Waals surface area contributed by atoms with Gasteiger partial charge in [0.15, 0.2) is 0 Å². The monoisotopic (exact) mass is 184 g/mol. The second-order valence-corrected chi connectivity index (χ2v) is 2.44. The molecule has 0 aliphatic heterocycles. The van der Waals surface area contributed by atoms with Crippen LogP contribution in [0, 0.1) is 0 Å². The van der Waals surface area contributed by atoms with Gasteiger partial charge in [-0.3, -0.25) is 4.79 Å². The summed E-state index contributed by atoms with van der Waals surface area (Å²) in [5.74, 6) is -0.655. The molecule has 0 saturated carbocycles. The minimum atomic E-state index is -4.19. The van der Waals surface area contributed by atoms with Crippen molar-refractivity contribution in [2.75, 3.05) is 6.54 Å². The molecule has 0 heterocycles. The van der Waals surface area contributed by atoms with E-state index in [9.17, 15) is 18.0 Å². The fourth-order valence-corrected chi connectivity index (χ4v) is 0.531. The van der Waals surface area contributed by atoms with Gasteiger partial charge in [-0.1, -0.05) is 0 Å². The molecule has 72 valence electrons. The molecule has 0 aliphatic rings. The molecular formula is C6H11F3N2O. The van der Waals surface area contributed by atoms with E-state index < -0.39 is 24.5 Å². The largest absolute Gasteiger partial charge is 0.390 e. The van der Waals surface area contributed by atoms with Crippen molar-refractivity contribution in [2.24, 2.45) is 5.73 Å². The van der Waals surface area contributed by atoms with E-state index in [0.717, 1.165) is 0 Å². The lowest BCUT2D eigenvalue weighted by Gasteiger charge is -2.10. The first kappa shape index (κ1) is 11.2. The Balaban J connectivity index is 3.51. The molecule has 0 aromatic heterocycles. The number of hydrogen-bond donors (Lipinski definition) is 2. The number of halogens is 3. The smallest absolute Gasteiger partial charge is 0.368 e. The number of hydrogen-bond acceptors (Lipinski definition) is 2. The third-order valence-corrected chi connectivity index (χ3v) is 1.29. The van der Waals surface area contributed by atoms with Gasteiger partial charge in [-0.15, -0.1) is 0 Å². The maximum absolute atomic E-state index is 11.6. The number of alkyl halides is 3. The van der Waals surface area contributed by atoms with E-state index in [4.69, 9.17) is 5.73 Å². The van der Waals surface area contributed by atoms with Crippen LogP contribution in [0.4, 0.5) is 13.2 Å². The van der Waals surface area contributed by atoms with Crippen LogP contribution in [0.2, 0.25) is 0 Å². The van der Waals surface area contributed by atoms with E-state index in [1.807, 2.05) is 0 Å². The fraction of sp³-hybridized carbons (Fsp3) is 0.833. The van der Waals surface area contributed by atoms with Gasteiger partial charge in [0, 0.05) is 6.54 Å². The quantitative estimate of drug-likeness (QED) is 0.664. The van der Waals surface area contributed by atoms with Crippen LogP contribution in [-0.4, -0.2) is 24.7 Å². The molecule has 3 nitrogen and oxygen atoms in total. The van der Waals surface area contributed by atoms with Crippen LogP contribution in [0.1, 0.15) is 13.3 Å². The van der Waals surface area contributed by atoms with Crippen molar-refractivity contribution >= 4 is 5.91 Å². The summed E-state index contributed by atoms with van der Waals surface area (Å²) in [6.07, 6.45) is -5.14. The van der Waals surface area contributed by atoms with Gasteiger partial charge in [0.25, 0.3) is 0 Å². The lowest BCUT2D eigenvalue weighted by molar-refractivity contribution is -0.134. The molecule has 6 heteroatoms. The summed E-state index contributed by atoms with van der Waals surface area (Å²) in [6.45, 7) is 1.13. The van der Waals surface area contributed by atoms with Crippen LogP contribution in [-0.2, 0) is 4.79 Å². The molecule has 1 atom stereocenters. The zero-order valence-corrected chi connectivity index (χ0v) is 6.61. The molecule has 0 bridgehead atoms. The minimum Gasteiger partial charge on any atom is -0.368 e. The van der Waals surface area contributed by atoms with Gasteiger partial charge in [0.1, 0.15) is 0 Å². The van der Waals surface area contributed by atoms with Crippen molar-refractivity contribution in [1.29, 1.82) is 0 Å². The van der Waals surface area contributed by atoms with E-state index in [-0.39, 0.29) is 6.54 Å². The number of nitrogens with one attached hydrogen (secondary N) is 1. The second-order valence-electron chi connectivity index (χ2n) is 2.44. The van der Waals surface area contributed by atoms with Gasteiger partial charge < -0.3 is 11.1 Å². The van der Waals surface area contributed by atoms with E-state index >= 15 is 0 Å². The predicted octanol–water partition coefficient (Wildman–Crippen LogP) is 0.402. The molecule has 0 radical (unpaired) electrons. The Morgan fingerprint density at radius 3 is 2.42 bits per heavy atom. The highest BCUT2D eigenvalue weighted by atomic mass is 19.4. The molecule has 3 N–H and O–H groups in total. The van der Waals surface area contributed by atoms with Crippen molar-refractivity contribution < 1.29 is 18.0 Å². The van der Waals surface area contributed by atoms with Crippen molar-refractivity contribution in [3.8, 4) is 0 Å². The van der Waals surface area contributed by atoms with Crippen molar-refractivity contribution in [2.45, 2.75) is 25.6 Å². The molecule has 0 aliphatic carbocycles. The van der Waals surface area contributed by atoms with Crippen LogP contribution in [0.15, 0.2) is 0 Å². The van der Waals surface area contributed by atoms with Gasteiger partial charge in [0.2, 0.25) is 5.91 Å². The maximum Gasteiger partial charge on any atom is 0.390 e. The van der Waals surface area contributed by atoms with Crippen molar-refractivity contribution in [1.82, 2.24) is 5.32 Å². The molecule has 0 rings (SSSR count). The Hall–Kier alpha value is -0.780. The van der Waals surface area contributed by atoms with Gasteiger partial charge in [-0.25, -0.2) is 0 Å². The first-order chi connectivity index (χ1) is 5.33. The van der Waals surface area contributed by atoms with Crippen molar-refractivity contribution in [3.63, 3.8) is 0 Å². The zero-order chi connectivity index (χ0) is 9.78. The summed E-state index contributed by atoms with van der Waals surface area (Å²) in [6, 6.07) is -0.715. The average Bonchev–Trinajstić information content (AvgIpc) is 1.84. The van der Waals surface area contributed by atoms with Gasteiger partial charge in [0.05, 0.1) is 12.5 Å². The number of carbonyl (C=O) groups is 1. The van der Waals surface area contributed by atoms with Gasteiger partial charge in [-0.2, -0.15) is 13.2 Å². The van der Waals surface area contributed by atoms with E-state index in [2.05, 4.69) is 5.32 Å². The summed E-state index contributed by atoms with van der Waals surface area (Å²) in [5, 5.41) is 2.34. The lowest BCUT2D eigenvalue weighted by Crippen LogP contribution is -2.40. The highest BCUT2D eigenvalue weighted by Gasteiger charge is 2.26. The summed E-state index contributed by atoms with van der Waals surface area (Å²) >= 11 is 0. The Kier molecular flexibility index (Phi) is 4.02. The van der Waals surface area contributed by atoms with E-state index in [1.54, 1.807) is 0 Å². The Morgan fingerprint density at radius 1 is 1.58 bits per heavy atom. The number of amides is 1. The van der Waals surface area contributed by atoms with Crippen LogP contribution >= 0.6 is 0 Å². The first-order valence-electron chi connectivity index (χ1n) is 3.42. The van der Waals surface area contributed by atoms with Crippen LogP contribution < -0.4 is 11.1 Å². The highest BCUT2D eigenvalue weighted by molar-refractivity contribution is 5.79. The summed E-state index contributed by atoms with van der Waals surface area (Å²) in [5.41, 5.74) is 4.80. The molecule has 1 amide bonds.